The van der Waals surface area contributed by atoms with Crippen molar-refractivity contribution in [3.8, 4) is 0 Å². The third kappa shape index (κ3) is 3.64. The highest BCUT2D eigenvalue weighted by Crippen LogP contribution is 2.31. The number of benzene rings is 1. The fourth-order valence-electron chi connectivity index (χ4n) is 1.03. The molecule has 1 unspecified atom stereocenters. The van der Waals surface area contributed by atoms with Gasteiger partial charge in [-0.25, -0.2) is 4.39 Å². The largest absolute Gasteiger partial charge is 0.283 e. The van der Waals surface area contributed by atoms with E-state index in [1.807, 2.05) is 6.92 Å². The van der Waals surface area contributed by atoms with Gasteiger partial charge in [-0.05, 0) is 18.1 Å². The SMILES string of the molecule is CC(CCl)CSc1cc(F)ccc1[N+](=O)[O-]. The Hall–Kier alpha value is -0.810. The molecule has 0 aromatic heterocycles. The van der Waals surface area contributed by atoms with Crippen LogP contribution in [-0.2, 0) is 0 Å². The number of hydrogen-bond acceptors (Lipinski definition) is 3. The molecular formula is C10H11ClFNO2S. The summed E-state index contributed by atoms with van der Waals surface area (Å²) in [6.07, 6.45) is 0. The second-order valence-electron chi connectivity index (χ2n) is 3.44. The fraction of sp³-hybridized carbons (Fsp3) is 0.400. The molecule has 6 heteroatoms. The van der Waals surface area contributed by atoms with Gasteiger partial charge in [0.05, 0.1) is 9.82 Å². The van der Waals surface area contributed by atoms with Crippen LogP contribution in [-0.4, -0.2) is 16.6 Å². The van der Waals surface area contributed by atoms with Crippen molar-refractivity contribution in [1.29, 1.82) is 0 Å². The average Bonchev–Trinajstić information content (AvgIpc) is 2.25. The van der Waals surface area contributed by atoms with Gasteiger partial charge in [0.1, 0.15) is 5.82 Å². The summed E-state index contributed by atoms with van der Waals surface area (Å²) in [7, 11) is 0. The van der Waals surface area contributed by atoms with Crippen molar-refractivity contribution < 1.29 is 9.31 Å². The van der Waals surface area contributed by atoms with E-state index < -0.39 is 10.7 Å². The van der Waals surface area contributed by atoms with Crippen molar-refractivity contribution in [2.24, 2.45) is 5.92 Å². The van der Waals surface area contributed by atoms with Crippen molar-refractivity contribution in [3.63, 3.8) is 0 Å². The van der Waals surface area contributed by atoms with E-state index in [2.05, 4.69) is 0 Å². The molecule has 88 valence electrons. The molecule has 0 fully saturated rings. The van der Waals surface area contributed by atoms with Crippen LogP contribution in [0.15, 0.2) is 23.1 Å². The van der Waals surface area contributed by atoms with Crippen molar-refractivity contribution >= 4 is 29.1 Å². The molecule has 0 spiro atoms. The summed E-state index contributed by atoms with van der Waals surface area (Å²) in [4.78, 5) is 10.5. The zero-order valence-corrected chi connectivity index (χ0v) is 10.2. The van der Waals surface area contributed by atoms with Gasteiger partial charge in [0.2, 0.25) is 0 Å². The van der Waals surface area contributed by atoms with E-state index >= 15 is 0 Å². The standard InChI is InChI=1S/C10H11ClFNO2S/c1-7(5-11)6-16-10-4-8(12)2-3-9(10)13(14)15/h2-4,7H,5-6H2,1H3. The molecule has 16 heavy (non-hydrogen) atoms. The number of nitrogens with zero attached hydrogens (tertiary/aromatic N) is 1. The highest BCUT2D eigenvalue weighted by molar-refractivity contribution is 7.99. The van der Waals surface area contributed by atoms with Crippen LogP contribution in [0.5, 0.6) is 0 Å². The first-order valence-electron chi connectivity index (χ1n) is 4.67. The molecule has 1 rings (SSSR count). The van der Waals surface area contributed by atoms with Gasteiger partial charge in [-0.3, -0.25) is 10.1 Å². The van der Waals surface area contributed by atoms with Crippen molar-refractivity contribution in [2.75, 3.05) is 11.6 Å². The van der Waals surface area contributed by atoms with E-state index in [0.29, 0.717) is 16.5 Å². The van der Waals surface area contributed by atoms with Crippen LogP contribution >= 0.6 is 23.4 Å². The molecule has 0 saturated carbocycles. The number of thioether (sulfide) groups is 1. The molecule has 0 aliphatic rings. The van der Waals surface area contributed by atoms with Crippen molar-refractivity contribution in [1.82, 2.24) is 0 Å². The predicted molar refractivity (Wildman–Crippen MR) is 63.7 cm³/mol. The Bertz CT molecular complexity index is 389. The first-order chi connectivity index (χ1) is 7.54. The summed E-state index contributed by atoms with van der Waals surface area (Å²) in [5.74, 6) is 0.880. The van der Waals surface area contributed by atoms with Gasteiger partial charge < -0.3 is 0 Å². The van der Waals surface area contributed by atoms with Gasteiger partial charge >= 0.3 is 0 Å². The maximum Gasteiger partial charge on any atom is 0.283 e. The Morgan fingerprint density at radius 2 is 2.31 bits per heavy atom. The number of nitro groups is 1. The normalized spacial score (nSPS) is 12.4. The maximum atomic E-state index is 13.0. The highest BCUT2D eigenvalue weighted by Gasteiger charge is 2.15. The molecule has 1 atom stereocenters. The first-order valence-corrected chi connectivity index (χ1v) is 6.19. The molecular weight excluding hydrogens is 253 g/mol. The van der Waals surface area contributed by atoms with Crippen LogP contribution in [0.3, 0.4) is 0 Å². The van der Waals surface area contributed by atoms with Gasteiger partial charge in [0.25, 0.3) is 5.69 Å². The quantitative estimate of drug-likeness (QED) is 0.352. The van der Waals surface area contributed by atoms with Crippen molar-refractivity contribution in [2.45, 2.75) is 11.8 Å². The molecule has 1 aromatic carbocycles. The molecule has 0 saturated heterocycles. The summed E-state index contributed by atoms with van der Waals surface area (Å²) < 4.78 is 13.0. The van der Waals surface area contributed by atoms with Crippen LogP contribution < -0.4 is 0 Å². The molecule has 0 radical (unpaired) electrons. The van der Waals surface area contributed by atoms with Gasteiger partial charge in [0.15, 0.2) is 0 Å². The lowest BCUT2D eigenvalue weighted by Crippen LogP contribution is -2.00. The highest BCUT2D eigenvalue weighted by atomic mass is 35.5. The predicted octanol–water partition coefficient (Wildman–Crippen LogP) is 3.70. The summed E-state index contributed by atoms with van der Waals surface area (Å²) in [6, 6.07) is 3.46. The summed E-state index contributed by atoms with van der Waals surface area (Å²) in [6.45, 7) is 1.94. The maximum absolute atomic E-state index is 13.0. The minimum atomic E-state index is -0.507. The van der Waals surface area contributed by atoms with Crippen LogP contribution in [0, 0.1) is 21.8 Å². The van der Waals surface area contributed by atoms with Gasteiger partial charge in [-0.1, -0.05) is 6.92 Å². The third-order valence-corrected chi connectivity index (χ3v) is 3.81. The lowest BCUT2D eigenvalue weighted by molar-refractivity contribution is -0.387. The van der Waals surface area contributed by atoms with E-state index in [1.165, 1.54) is 23.9 Å². The van der Waals surface area contributed by atoms with E-state index in [0.717, 1.165) is 6.07 Å². The Balaban J connectivity index is 2.84. The minimum absolute atomic E-state index is 0.0619. The second-order valence-corrected chi connectivity index (χ2v) is 4.81. The van der Waals surface area contributed by atoms with Gasteiger partial charge in [-0.15, -0.1) is 23.4 Å². The van der Waals surface area contributed by atoms with Crippen LogP contribution in [0.2, 0.25) is 0 Å². The molecule has 0 amide bonds. The molecule has 0 N–H and O–H groups in total. The second kappa shape index (κ2) is 6.06. The molecule has 1 aromatic rings. The zero-order chi connectivity index (χ0) is 12.1. The van der Waals surface area contributed by atoms with E-state index in [9.17, 15) is 14.5 Å². The first kappa shape index (κ1) is 13.3. The zero-order valence-electron chi connectivity index (χ0n) is 8.65. The lowest BCUT2D eigenvalue weighted by atomic mass is 10.3. The summed E-state index contributed by atoms with van der Waals surface area (Å²) in [5.41, 5.74) is -0.0619. The topological polar surface area (TPSA) is 43.1 Å². The van der Waals surface area contributed by atoms with Gasteiger partial charge in [-0.2, -0.15) is 0 Å². The lowest BCUT2D eigenvalue weighted by Gasteiger charge is -2.07. The van der Waals surface area contributed by atoms with Crippen molar-refractivity contribution in [3.05, 3.63) is 34.1 Å². The Morgan fingerprint density at radius 3 is 2.88 bits per heavy atom. The van der Waals surface area contributed by atoms with E-state index in [4.69, 9.17) is 11.6 Å². The van der Waals surface area contributed by atoms with Crippen LogP contribution in [0.25, 0.3) is 0 Å². The smallest absolute Gasteiger partial charge is 0.258 e. The van der Waals surface area contributed by atoms with E-state index in [1.54, 1.807) is 0 Å². The van der Waals surface area contributed by atoms with Crippen LogP contribution in [0.4, 0.5) is 10.1 Å². The molecule has 0 heterocycles. The number of rotatable bonds is 5. The Kier molecular flexibility index (Phi) is 5.02. The Morgan fingerprint density at radius 1 is 1.62 bits per heavy atom. The molecule has 0 bridgehead atoms. The number of alkyl halides is 1. The monoisotopic (exact) mass is 263 g/mol. The van der Waals surface area contributed by atoms with Gasteiger partial charge in [0, 0.05) is 17.7 Å². The average molecular weight is 264 g/mol. The number of hydrogen-bond donors (Lipinski definition) is 0. The fourth-order valence-corrected chi connectivity index (χ4v) is 2.34. The third-order valence-electron chi connectivity index (χ3n) is 1.91. The minimum Gasteiger partial charge on any atom is -0.258 e. The summed E-state index contributed by atoms with van der Waals surface area (Å²) >= 11 is 6.89. The number of nitro benzene ring substituents is 1. The number of halogens is 2. The molecule has 3 nitrogen and oxygen atoms in total. The van der Waals surface area contributed by atoms with Crippen LogP contribution in [0.1, 0.15) is 6.92 Å². The van der Waals surface area contributed by atoms with E-state index in [-0.39, 0.29) is 11.6 Å². The Labute approximate surface area is 102 Å². The summed E-state index contributed by atoms with van der Waals surface area (Å²) in [5, 5.41) is 10.7. The molecule has 0 aliphatic heterocycles. The molecule has 0 aliphatic carbocycles.